The van der Waals surface area contributed by atoms with Crippen molar-refractivity contribution in [3.8, 4) is 11.5 Å². The van der Waals surface area contributed by atoms with Gasteiger partial charge in [0.1, 0.15) is 18.1 Å². The summed E-state index contributed by atoms with van der Waals surface area (Å²) in [5.41, 5.74) is -3.12. The lowest BCUT2D eigenvalue weighted by Crippen LogP contribution is -2.66. The van der Waals surface area contributed by atoms with Crippen LogP contribution in [0.5, 0.6) is 11.5 Å². The SMILES string of the molecule is CCOC(=O)NC1(C(C)(C(=O)OCc2ccc(OC)cc2)C(=O)Sc2ccc(OC)cc2)C(=O)N(C)c2ccccc21. The number of anilines is 1. The number of thioether (sulfide) groups is 1. The summed E-state index contributed by atoms with van der Waals surface area (Å²) in [6, 6.07) is 20.2. The highest BCUT2D eigenvalue weighted by atomic mass is 32.2. The molecule has 0 aromatic heterocycles. The normalized spacial score (nSPS) is 17.1. The van der Waals surface area contributed by atoms with Crippen LogP contribution in [0.1, 0.15) is 25.0 Å². The first-order chi connectivity index (χ1) is 20.1. The first kappa shape index (κ1) is 30.4. The number of rotatable bonds is 10. The predicted molar refractivity (Wildman–Crippen MR) is 156 cm³/mol. The monoisotopic (exact) mass is 592 g/mol. The van der Waals surface area contributed by atoms with Crippen LogP contribution in [-0.2, 0) is 36.0 Å². The summed E-state index contributed by atoms with van der Waals surface area (Å²) in [6.45, 7) is 2.74. The van der Waals surface area contributed by atoms with Gasteiger partial charge in [0.25, 0.3) is 5.91 Å². The molecule has 1 aliphatic rings. The minimum Gasteiger partial charge on any atom is -0.497 e. The molecular formula is C31H32N2O8S. The highest BCUT2D eigenvalue weighted by Crippen LogP contribution is 2.53. The number of hydrogen-bond donors (Lipinski definition) is 1. The van der Waals surface area contributed by atoms with Crippen LogP contribution in [0.2, 0.25) is 0 Å². The minimum absolute atomic E-state index is 0.000759. The van der Waals surface area contributed by atoms with Gasteiger partial charge in [-0.15, -0.1) is 0 Å². The van der Waals surface area contributed by atoms with Crippen molar-refractivity contribution in [2.24, 2.45) is 5.41 Å². The molecule has 3 aromatic rings. The van der Waals surface area contributed by atoms with E-state index in [0.29, 0.717) is 27.6 Å². The maximum atomic E-state index is 14.4. The van der Waals surface area contributed by atoms with Crippen LogP contribution in [-0.4, -0.2) is 51.0 Å². The number of para-hydroxylation sites is 1. The van der Waals surface area contributed by atoms with Gasteiger partial charge in [-0.3, -0.25) is 14.4 Å². The Morgan fingerprint density at radius 1 is 0.905 bits per heavy atom. The van der Waals surface area contributed by atoms with Gasteiger partial charge in [0.05, 0.1) is 20.8 Å². The summed E-state index contributed by atoms with van der Waals surface area (Å²) in [5, 5.41) is 1.91. The summed E-state index contributed by atoms with van der Waals surface area (Å²) in [7, 11) is 4.57. The first-order valence-corrected chi connectivity index (χ1v) is 13.9. The fourth-order valence-electron chi connectivity index (χ4n) is 4.87. The van der Waals surface area contributed by atoms with E-state index in [0.717, 1.165) is 11.8 Å². The number of carbonyl (C=O) groups is 4. The zero-order valence-electron chi connectivity index (χ0n) is 24.0. The molecule has 220 valence electrons. The van der Waals surface area contributed by atoms with Crippen molar-refractivity contribution >= 4 is 40.5 Å². The van der Waals surface area contributed by atoms with Gasteiger partial charge in [0.2, 0.25) is 5.12 Å². The Balaban J connectivity index is 1.84. The van der Waals surface area contributed by atoms with Crippen LogP contribution in [0.3, 0.4) is 0 Å². The van der Waals surface area contributed by atoms with Gasteiger partial charge in [-0.05, 0) is 61.9 Å². The molecule has 0 radical (unpaired) electrons. The summed E-state index contributed by atoms with van der Waals surface area (Å²) in [6.07, 6.45) is -0.965. The molecule has 2 unspecified atom stereocenters. The van der Waals surface area contributed by atoms with Gasteiger partial charge in [-0.25, -0.2) is 4.79 Å². The number of esters is 1. The molecule has 3 aromatic carbocycles. The number of nitrogens with one attached hydrogen (secondary N) is 1. The summed E-state index contributed by atoms with van der Waals surface area (Å²) in [5.74, 6) is -0.492. The van der Waals surface area contributed by atoms with Crippen molar-refractivity contribution in [3.63, 3.8) is 0 Å². The Kier molecular flexibility index (Phi) is 9.11. The van der Waals surface area contributed by atoms with Crippen LogP contribution < -0.4 is 19.7 Å². The highest BCUT2D eigenvalue weighted by Gasteiger charge is 2.69. The molecule has 0 aliphatic carbocycles. The lowest BCUT2D eigenvalue weighted by atomic mass is 9.67. The van der Waals surface area contributed by atoms with E-state index in [2.05, 4.69) is 5.32 Å². The van der Waals surface area contributed by atoms with Crippen LogP contribution in [0.15, 0.2) is 77.7 Å². The molecule has 0 spiro atoms. The van der Waals surface area contributed by atoms with Gasteiger partial charge in [-0.2, -0.15) is 0 Å². The first-order valence-electron chi connectivity index (χ1n) is 13.1. The Hall–Kier alpha value is -4.51. The summed E-state index contributed by atoms with van der Waals surface area (Å²) in [4.78, 5) is 57.6. The second kappa shape index (κ2) is 12.6. The Labute approximate surface area is 248 Å². The van der Waals surface area contributed by atoms with Crippen LogP contribution >= 0.6 is 11.8 Å². The minimum atomic E-state index is -2.26. The van der Waals surface area contributed by atoms with E-state index in [1.807, 2.05) is 0 Å². The van der Waals surface area contributed by atoms with E-state index < -0.39 is 34.0 Å². The van der Waals surface area contributed by atoms with Gasteiger partial charge in [-0.1, -0.05) is 42.1 Å². The number of carbonyl (C=O) groups excluding carboxylic acids is 4. The summed E-state index contributed by atoms with van der Waals surface area (Å²) >= 11 is 0.754. The van der Waals surface area contributed by atoms with Crippen molar-refractivity contribution in [1.29, 1.82) is 0 Å². The van der Waals surface area contributed by atoms with E-state index >= 15 is 0 Å². The van der Waals surface area contributed by atoms with Crippen molar-refractivity contribution < 1.29 is 38.1 Å². The quantitative estimate of drug-likeness (QED) is 0.203. The van der Waals surface area contributed by atoms with Gasteiger partial charge in [0.15, 0.2) is 11.0 Å². The van der Waals surface area contributed by atoms with E-state index in [-0.39, 0.29) is 18.8 Å². The van der Waals surface area contributed by atoms with Gasteiger partial charge < -0.3 is 29.2 Å². The Morgan fingerprint density at radius 3 is 2.10 bits per heavy atom. The fourth-order valence-corrected chi connectivity index (χ4v) is 5.79. The number of hydrogen-bond acceptors (Lipinski definition) is 9. The molecule has 0 bridgehead atoms. The lowest BCUT2D eigenvalue weighted by Gasteiger charge is -2.41. The smallest absolute Gasteiger partial charge is 0.408 e. The van der Waals surface area contributed by atoms with Crippen LogP contribution in [0.25, 0.3) is 0 Å². The molecule has 42 heavy (non-hydrogen) atoms. The number of fused-ring (bicyclic) bond motifs is 1. The standard InChI is InChI=1S/C31H32N2O8S/c1-6-40-29(37)32-31(24-9-7-8-10-25(24)33(3)26(31)34)30(2,28(36)42-23-17-15-22(39-5)16-18-23)27(35)41-19-20-11-13-21(38-4)14-12-20/h7-18H,6,19H2,1-5H3,(H,32,37). The number of nitrogens with zero attached hydrogens (tertiary/aromatic N) is 1. The fraction of sp³-hybridized carbons (Fsp3) is 0.290. The third-order valence-corrected chi connectivity index (χ3v) is 8.33. The molecule has 2 atom stereocenters. The van der Waals surface area contributed by atoms with Crippen molar-refractivity contribution in [2.75, 3.05) is 32.8 Å². The van der Waals surface area contributed by atoms with Gasteiger partial charge >= 0.3 is 12.1 Å². The number of amides is 2. The van der Waals surface area contributed by atoms with E-state index in [9.17, 15) is 19.2 Å². The zero-order chi connectivity index (χ0) is 30.5. The van der Waals surface area contributed by atoms with Crippen molar-refractivity contribution in [1.82, 2.24) is 5.32 Å². The maximum Gasteiger partial charge on any atom is 0.408 e. The molecule has 0 saturated heterocycles. The third kappa shape index (κ3) is 5.39. The number of ether oxygens (including phenoxy) is 4. The Morgan fingerprint density at radius 2 is 1.50 bits per heavy atom. The second-order valence-corrected chi connectivity index (χ2v) is 10.6. The molecule has 1 N–H and O–H groups in total. The van der Waals surface area contributed by atoms with Crippen molar-refractivity contribution in [2.45, 2.75) is 30.9 Å². The molecular weight excluding hydrogens is 560 g/mol. The molecule has 1 heterocycles. The zero-order valence-corrected chi connectivity index (χ0v) is 24.8. The van der Waals surface area contributed by atoms with Gasteiger partial charge in [0, 0.05) is 23.2 Å². The molecule has 0 fully saturated rings. The average Bonchev–Trinajstić information content (AvgIpc) is 3.22. The molecule has 4 rings (SSSR count). The van der Waals surface area contributed by atoms with E-state index in [4.69, 9.17) is 18.9 Å². The molecule has 1 aliphatic heterocycles. The van der Waals surface area contributed by atoms with E-state index in [1.165, 1.54) is 33.1 Å². The predicted octanol–water partition coefficient (Wildman–Crippen LogP) is 4.69. The maximum absolute atomic E-state index is 14.4. The number of likely N-dealkylation sites (N-methyl/N-ethyl adjacent to an activating group) is 1. The Bertz CT molecular complexity index is 1480. The summed E-state index contributed by atoms with van der Waals surface area (Å²) < 4.78 is 21.3. The number of methoxy groups -OCH3 is 2. The lowest BCUT2D eigenvalue weighted by molar-refractivity contribution is -0.167. The van der Waals surface area contributed by atoms with Crippen molar-refractivity contribution in [3.05, 3.63) is 83.9 Å². The third-order valence-electron chi connectivity index (χ3n) is 7.23. The average molecular weight is 593 g/mol. The number of benzene rings is 3. The van der Waals surface area contributed by atoms with Crippen LogP contribution in [0.4, 0.5) is 10.5 Å². The number of alkyl carbamates (subject to hydrolysis) is 1. The topological polar surface area (TPSA) is 120 Å². The van der Waals surface area contributed by atoms with Crippen LogP contribution in [0, 0.1) is 5.41 Å². The second-order valence-electron chi connectivity index (χ2n) is 9.59. The van der Waals surface area contributed by atoms with E-state index in [1.54, 1.807) is 79.7 Å². The molecule has 0 saturated carbocycles. The molecule has 11 heteroatoms. The molecule has 2 amide bonds. The largest absolute Gasteiger partial charge is 0.497 e. The highest BCUT2D eigenvalue weighted by molar-refractivity contribution is 8.13. The molecule has 10 nitrogen and oxygen atoms in total.